The number of benzene rings is 7. The Hall–Kier alpha value is -6.69. The van der Waals surface area contributed by atoms with Crippen LogP contribution in [0, 0.1) is 19.3 Å². The number of thiophene rings is 1. The predicted octanol–water partition coefficient (Wildman–Crippen LogP) is 14.0. The summed E-state index contributed by atoms with van der Waals surface area (Å²) in [6.45, 7) is 10.2. The Bertz CT molecular complexity index is 3040. The van der Waals surface area contributed by atoms with Gasteiger partial charge in [0.2, 0.25) is 0 Å². The fraction of sp³-hybridized carbons (Fsp3) is 0.0600. The monoisotopic (exact) mass is 731 g/mol. The fourth-order valence-electron chi connectivity index (χ4n) is 7.79. The second-order valence-electron chi connectivity index (χ2n) is 13.6. The number of anilines is 1. The highest BCUT2D eigenvalue weighted by Crippen LogP contribution is 2.44. The highest BCUT2D eigenvalue weighted by Gasteiger charge is 2.18. The van der Waals surface area contributed by atoms with Gasteiger partial charge < -0.3 is 20.1 Å². The van der Waals surface area contributed by atoms with E-state index in [1.807, 2.05) is 48.6 Å². The van der Waals surface area contributed by atoms with E-state index in [9.17, 15) is 0 Å². The van der Waals surface area contributed by atoms with Crippen LogP contribution in [0.5, 0.6) is 0 Å². The zero-order valence-electron chi connectivity index (χ0n) is 31.0. The molecule has 3 aromatic heterocycles. The van der Waals surface area contributed by atoms with E-state index in [4.69, 9.17) is 15.6 Å². The topological polar surface area (TPSA) is 67.9 Å². The van der Waals surface area contributed by atoms with Crippen LogP contribution in [-0.4, -0.2) is 11.3 Å². The molecule has 4 nitrogen and oxygen atoms in total. The van der Waals surface area contributed by atoms with Gasteiger partial charge in [0.05, 0.1) is 16.7 Å². The molecular weight excluding hydrogens is 691 g/mol. The van der Waals surface area contributed by atoms with Crippen LogP contribution in [0.2, 0.25) is 0 Å². The summed E-state index contributed by atoms with van der Waals surface area (Å²) in [5.74, 6) is 1.67. The average molecular weight is 732 g/mol. The number of furan rings is 1. The van der Waals surface area contributed by atoms with Crippen LogP contribution < -0.4 is 5.73 Å². The summed E-state index contributed by atoms with van der Waals surface area (Å²) in [4.78, 5) is 0. The number of fused-ring (bicyclic) bond motifs is 11. The van der Waals surface area contributed by atoms with Crippen molar-refractivity contribution in [2.75, 3.05) is 5.73 Å². The van der Waals surface area contributed by atoms with Crippen LogP contribution in [0.1, 0.15) is 28.2 Å². The van der Waals surface area contributed by atoms with E-state index < -0.39 is 0 Å². The molecule has 10 rings (SSSR count). The van der Waals surface area contributed by atoms with Gasteiger partial charge in [-0.3, -0.25) is 0 Å². The van der Waals surface area contributed by atoms with Gasteiger partial charge in [-0.15, -0.1) is 11.3 Å². The van der Waals surface area contributed by atoms with Crippen molar-refractivity contribution in [2.24, 2.45) is 0 Å². The van der Waals surface area contributed by atoms with Gasteiger partial charge in [0.25, 0.3) is 0 Å². The van der Waals surface area contributed by atoms with Gasteiger partial charge in [-0.1, -0.05) is 133 Å². The molecular formula is C50H41N3OS. The van der Waals surface area contributed by atoms with Crippen molar-refractivity contribution in [3.8, 4) is 5.69 Å². The normalized spacial score (nSPS) is 11.4. The lowest BCUT2D eigenvalue weighted by Gasteiger charge is -2.12. The van der Waals surface area contributed by atoms with E-state index in [-0.39, 0.29) is 0 Å². The predicted molar refractivity (Wildman–Crippen MR) is 240 cm³/mol. The fourth-order valence-corrected chi connectivity index (χ4v) is 8.90. The molecule has 0 aliphatic rings. The van der Waals surface area contributed by atoms with Gasteiger partial charge in [-0.05, 0) is 78.7 Å². The van der Waals surface area contributed by atoms with Crippen LogP contribution in [-0.2, 0) is 6.42 Å². The molecule has 0 saturated heterocycles. The first-order valence-electron chi connectivity index (χ1n) is 18.3. The van der Waals surface area contributed by atoms with Crippen LogP contribution >= 0.6 is 11.3 Å². The number of aromatic nitrogens is 1. The zero-order valence-corrected chi connectivity index (χ0v) is 31.8. The number of nitrogen functional groups attached to an aromatic ring is 1. The number of nitrogens with zero attached hydrogens (tertiary/aromatic N) is 1. The summed E-state index contributed by atoms with van der Waals surface area (Å²) in [5, 5.41) is 16.1. The average Bonchev–Trinajstić information content (AvgIpc) is 3.87. The smallest absolute Gasteiger partial charge is 0.132 e. The molecule has 0 radical (unpaired) electrons. The summed E-state index contributed by atoms with van der Waals surface area (Å²) in [7, 11) is 0. The number of rotatable bonds is 5. The van der Waals surface area contributed by atoms with Crippen LogP contribution in [0.25, 0.3) is 75.3 Å². The van der Waals surface area contributed by atoms with E-state index >= 15 is 0 Å². The highest BCUT2D eigenvalue weighted by molar-refractivity contribution is 7.26. The number of hydrogen-bond donors (Lipinski definition) is 2. The summed E-state index contributed by atoms with van der Waals surface area (Å²) in [6.07, 6.45) is 6.23. The van der Waals surface area contributed by atoms with Crippen LogP contribution in [0.3, 0.4) is 0 Å². The molecule has 7 aromatic carbocycles. The molecule has 0 aliphatic heterocycles. The van der Waals surface area contributed by atoms with Gasteiger partial charge in [0.1, 0.15) is 11.5 Å². The molecule has 55 heavy (non-hydrogen) atoms. The number of allylic oxidation sites excluding steroid dienone is 2. The molecule has 268 valence electrons. The molecule has 10 aromatic rings. The summed E-state index contributed by atoms with van der Waals surface area (Å²) in [5.41, 5.74) is 14.0. The molecule has 0 bridgehead atoms. The Balaban J connectivity index is 0.000000181. The maximum Gasteiger partial charge on any atom is 0.132 e. The van der Waals surface area contributed by atoms with Crippen molar-refractivity contribution in [2.45, 2.75) is 20.3 Å². The van der Waals surface area contributed by atoms with Gasteiger partial charge in [0.15, 0.2) is 0 Å². The zero-order chi connectivity index (χ0) is 38.1. The minimum atomic E-state index is 0.717. The van der Waals surface area contributed by atoms with E-state index in [2.05, 4.69) is 146 Å². The van der Waals surface area contributed by atoms with E-state index in [1.54, 1.807) is 6.08 Å². The van der Waals surface area contributed by atoms with Crippen molar-refractivity contribution < 1.29 is 4.42 Å². The Labute approximate surface area is 324 Å². The number of aryl methyl sites for hydroxylation is 2. The first-order chi connectivity index (χ1) is 27.0. The standard InChI is InChI=1S/C33H21NS.C16H17NO.CH3N/c1-20-10-14-22(15-11-20)34-28-8-4-2-6-23(28)25-18-17-24-26(33(25)34)16-12-21-13-19-30-32(31(21)24)27-7-3-5-9-29(27)35-30;1-3-4-10-14-12(2)18-15(16(14)17)11-13-8-6-5-7-9-13;1-2/h2-19H,1H3;3-10H,1,11,17H2,2H3;2H,1H2/b;10-4-;. The van der Waals surface area contributed by atoms with Gasteiger partial charge in [0, 0.05) is 54.0 Å². The summed E-state index contributed by atoms with van der Waals surface area (Å²) < 4.78 is 10.9. The highest BCUT2D eigenvalue weighted by atomic mass is 32.1. The molecule has 0 unspecified atom stereocenters. The molecule has 3 N–H and O–H groups in total. The number of nitrogens with two attached hydrogens (primary N) is 1. The Morgan fingerprint density at radius 1 is 0.673 bits per heavy atom. The third-order valence-electron chi connectivity index (χ3n) is 10.3. The third-order valence-corrected chi connectivity index (χ3v) is 11.4. The van der Waals surface area contributed by atoms with Crippen molar-refractivity contribution in [1.29, 1.82) is 5.41 Å². The Morgan fingerprint density at radius 3 is 2.11 bits per heavy atom. The minimum Gasteiger partial charge on any atom is -0.463 e. The summed E-state index contributed by atoms with van der Waals surface area (Å²) >= 11 is 1.89. The van der Waals surface area contributed by atoms with Gasteiger partial charge in [-0.25, -0.2) is 0 Å². The maximum absolute atomic E-state index is 6.11. The maximum atomic E-state index is 6.11. The van der Waals surface area contributed by atoms with Crippen molar-refractivity contribution in [3.05, 3.63) is 186 Å². The van der Waals surface area contributed by atoms with Gasteiger partial charge in [-0.2, -0.15) is 0 Å². The van der Waals surface area contributed by atoms with Crippen LogP contribution in [0.4, 0.5) is 5.69 Å². The molecule has 0 aliphatic carbocycles. The summed E-state index contributed by atoms with van der Waals surface area (Å²) in [6, 6.07) is 50.5. The molecule has 0 spiro atoms. The van der Waals surface area contributed by atoms with Gasteiger partial charge >= 0.3 is 0 Å². The number of nitrogens with one attached hydrogen (secondary N) is 1. The second-order valence-corrected chi connectivity index (χ2v) is 14.7. The number of para-hydroxylation sites is 1. The van der Waals surface area contributed by atoms with E-state index in [0.717, 1.165) is 29.2 Å². The molecule has 0 amide bonds. The quantitative estimate of drug-likeness (QED) is 0.105. The lowest BCUT2D eigenvalue weighted by molar-refractivity contribution is 0.493. The lowest BCUT2D eigenvalue weighted by atomic mass is 9.96. The first-order valence-corrected chi connectivity index (χ1v) is 19.1. The molecule has 3 heterocycles. The van der Waals surface area contributed by atoms with E-state index in [1.165, 1.54) is 80.3 Å². The lowest BCUT2D eigenvalue weighted by Crippen LogP contribution is -1.94. The van der Waals surface area contributed by atoms with Crippen molar-refractivity contribution in [1.82, 2.24) is 4.57 Å². The third kappa shape index (κ3) is 6.29. The molecule has 0 atom stereocenters. The SMILES string of the molecule is C=C/C=C\c1c(C)oc(Cc2ccccc2)c1N.C=N.Cc1ccc(-n2c3ccccc3c3ccc4c(ccc5ccc6sc7ccccc7c6c54)c32)cc1. The van der Waals surface area contributed by atoms with Crippen molar-refractivity contribution in [3.63, 3.8) is 0 Å². The first kappa shape index (κ1) is 35.3. The van der Waals surface area contributed by atoms with Crippen molar-refractivity contribution >= 4 is 93.3 Å². The minimum absolute atomic E-state index is 0.717. The molecule has 0 saturated carbocycles. The Kier molecular flexibility index (Phi) is 9.62. The van der Waals surface area contributed by atoms with Crippen LogP contribution in [0.15, 0.2) is 163 Å². The molecule has 0 fully saturated rings. The van der Waals surface area contributed by atoms with E-state index in [0.29, 0.717) is 0 Å². The molecule has 5 heteroatoms. The Morgan fingerprint density at radius 2 is 1.33 bits per heavy atom. The largest absolute Gasteiger partial charge is 0.463 e. The second kappa shape index (κ2) is 15.0. The number of hydrogen-bond acceptors (Lipinski definition) is 4.